The average Bonchev–Trinajstić information content (AvgIpc) is 2.68. The van der Waals surface area contributed by atoms with Crippen LogP contribution in [0, 0.1) is 0 Å². The van der Waals surface area contributed by atoms with Crippen LogP contribution in [0.1, 0.15) is 36.7 Å². The summed E-state index contributed by atoms with van der Waals surface area (Å²) in [7, 11) is 1.58. The summed E-state index contributed by atoms with van der Waals surface area (Å²) >= 11 is 0. The molecule has 0 aliphatic rings. The van der Waals surface area contributed by atoms with E-state index in [1.54, 1.807) is 37.6 Å². The highest BCUT2D eigenvalue weighted by Crippen LogP contribution is 2.31. The molecule has 5 nitrogen and oxygen atoms in total. The fraction of sp³-hybridized carbons (Fsp3) is 0.217. The molecule has 0 bridgehead atoms. The van der Waals surface area contributed by atoms with Crippen molar-refractivity contribution < 1.29 is 9.53 Å². The molecule has 0 spiro atoms. The topological polar surface area (TPSA) is 63.2 Å². The first-order valence-corrected chi connectivity index (χ1v) is 9.15. The molecule has 3 rings (SSSR count). The fourth-order valence-corrected chi connectivity index (χ4v) is 2.97. The molecule has 28 heavy (non-hydrogen) atoms. The third-order valence-electron chi connectivity index (χ3n) is 4.38. The Hall–Kier alpha value is -3.34. The summed E-state index contributed by atoms with van der Waals surface area (Å²) in [6.07, 6.45) is 1.62. The van der Waals surface area contributed by atoms with E-state index in [1.807, 2.05) is 30.3 Å². The summed E-state index contributed by atoms with van der Waals surface area (Å²) in [5.41, 5.74) is 3.28. The zero-order valence-corrected chi connectivity index (χ0v) is 16.6. The third-order valence-corrected chi connectivity index (χ3v) is 4.38. The van der Waals surface area contributed by atoms with Crippen molar-refractivity contribution in [2.75, 3.05) is 17.7 Å². The maximum absolute atomic E-state index is 12.7. The lowest BCUT2D eigenvalue weighted by Crippen LogP contribution is -2.15. The summed E-state index contributed by atoms with van der Waals surface area (Å²) in [5.74, 6) is 1.01. The first kappa shape index (κ1) is 19.4. The first-order chi connectivity index (χ1) is 13.4. The Balaban J connectivity index is 1.83. The average molecular weight is 375 g/mol. The van der Waals surface area contributed by atoms with E-state index in [1.165, 1.54) is 5.56 Å². The van der Waals surface area contributed by atoms with E-state index in [2.05, 4.69) is 42.5 Å². The monoisotopic (exact) mass is 375 g/mol. The number of methoxy groups -OCH3 is 1. The number of ether oxygens (including phenoxy) is 1. The van der Waals surface area contributed by atoms with E-state index in [-0.39, 0.29) is 11.3 Å². The maximum atomic E-state index is 12.7. The van der Waals surface area contributed by atoms with Gasteiger partial charge in [0.1, 0.15) is 11.6 Å². The Morgan fingerprint density at radius 1 is 0.964 bits per heavy atom. The lowest BCUT2D eigenvalue weighted by Gasteiger charge is -2.23. The molecule has 0 aliphatic carbocycles. The Morgan fingerprint density at radius 3 is 2.36 bits per heavy atom. The number of benzene rings is 2. The standard InChI is InChI=1S/C23H25N3O2/c1-23(2,3)17-9-5-6-10-18(17)25-21-15-16(13-14-24-21)22(27)26-19-11-7-8-12-20(19)28-4/h5-15H,1-4H3,(H,24,25)(H,26,27). The van der Waals surface area contributed by atoms with E-state index in [0.29, 0.717) is 22.8 Å². The SMILES string of the molecule is COc1ccccc1NC(=O)c1ccnc(Nc2ccccc2C(C)(C)C)c1. The van der Waals surface area contributed by atoms with Crippen LogP contribution in [0.3, 0.4) is 0 Å². The van der Waals surface area contributed by atoms with Crippen LogP contribution in [0.15, 0.2) is 66.9 Å². The van der Waals surface area contributed by atoms with Crippen molar-refractivity contribution in [2.45, 2.75) is 26.2 Å². The minimum Gasteiger partial charge on any atom is -0.495 e. The van der Waals surface area contributed by atoms with Crippen molar-refractivity contribution in [3.63, 3.8) is 0 Å². The normalized spacial score (nSPS) is 11.0. The van der Waals surface area contributed by atoms with Crippen LogP contribution in [-0.4, -0.2) is 18.0 Å². The molecule has 0 saturated heterocycles. The number of para-hydroxylation sites is 3. The Morgan fingerprint density at radius 2 is 1.64 bits per heavy atom. The second-order valence-electron chi connectivity index (χ2n) is 7.50. The summed E-state index contributed by atoms with van der Waals surface area (Å²) in [4.78, 5) is 17.1. The predicted molar refractivity (Wildman–Crippen MR) is 114 cm³/mol. The number of aromatic nitrogens is 1. The minimum atomic E-state index is -0.223. The number of hydrogen-bond acceptors (Lipinski definition) is 4. The quantitative estimate of drug-likeness (QED) is 0.628. The molecule has 1 amide bonds. The number of nitrogens with zero attached hydrogens (tertiary/aromatic N) is 1. The van der Waals surface area contributed by atoms with Crippen LogP contribution < -0.4 is 15.4 Å². The van der Waals surface area contributed by atoms with Crippen molar-refractivity contribution in [1.82, 2.24) is 4.98 Å². The number of rotatable bonds is 5. The molecule has 0 unspecified atom stereocenters. The zero-order valence-electron chi connectivity index (χ0n) is 16.6. The lowest BCUT2D eigenvalue weighted by molar-refractivity contribution is 0.102. The number of anilines is 3. The van der Waals surface area contributed by atoms with E-state index < -0.39 is 0 Å². The highest BCUT2D eigenvalue weighted by molar-refractivity contribution is 6.05. The minimum absolute atomic E-state index is 0.0115. The van der Waals surface area contributed by atoms with E-state index in [4.69, 9.17) is 4.74 Å². The van der Waals surface area contributed by atoms with Crippen molar-refractivity contribution in [2.24, 2.45) is 0 Å². The van der Waals surface area contributed by atoms with E-state index >= 15 is 0 Å². The largest absolute Gasteiger partial charge is 0.495 e. The molecule has 0 radical (unpaired) electrons. The third kappa shape index (κ3) is 4.49. The smallest absolute Gasteiger partial charge is 0.255 e. The summed E-state index contributed by atoms with van der Waals surface area (Å²) in [6.45, 7) is 6.49. The molecular weight excluding hydrogens is 350 g/mol. The van der Waals surface area contributed by atoms with Gasteiger partial charge in [-0.2, -0.15) is 0 Å². The maximum Gasteiger partial charge on any atom is 0.255 e. The van der Waals surface area contributed by atoms with E-state index in [9.17, 15) is 4.79 Å². The van der Waals surface area contributed by atoms with Gasteiger partial charge < -0.3 is 15.4 Å². The molecule has 1 heterocycles. The van der Waals surface area contributed by atoms with Gasteiger partial charge in [-0.15, -0.1) is 0 Å². The summed E-state index contributed by atoms with van der Waals surface area (Å²) in [6, 6.07) is 18.9. The number of nitrogens with one attached hydrogen (secondary N) is 2. The van der Waals surface area contributed by atoms with Crippen LogP contribution in [0.4, 0.5) is 17.2 Å². The molecule has 2 N–H and O–H groups in total. The molecular formula is C23H25N3O2. The Bertz CT molecular complexity index is 977. The van der Waals surface area contributed by atoms with Crippen molar-refractivity contribution in [3.05, 3.63) is 78.0 Å². The molecule has 3 aromatic rings. The molecule has 1 aromatic heterocycles. The summed E-state index contributed by atoms with van der Waals surface area (Å²) < 4.78 is 5.29. The van der Waals surface area contributed by atoms with Gasteiger partial charge in [-0.05, 0) is 41.3 Å². The molecule has 0 atom stereocenters. The highest BCUT2D eigenvalue weighted by atomic mass is 16.5. The molecule has 5 heteroatoms. The second-order valence-corrected chi connectivity index (χ2v) is 7.50. The Labute approximate surface area is 165 Å². The zero-order chi connectivity index (χ0) is 20.1. The van der Waals surface area contributed by atoms with Gasteiger partial charge in [-0.3, -0.25) is 4.79 Å². The van der Waals surface area contributed by atoms with Gasteiger partial charge in [-0.1, -0.05) is 51.1 Å². The van der Waals surface area contributed by atoms with Gasteiger partial charge >= 0.3 is 0 Å². The molecule has 144 valence electrons. The molecule has 0 fully saturated rings. The van der Waals surface area contributed by atoms with Gasteiger partial charge in [0.2, 0.25) is 0 Å². The fourth-order valence-electron chi connectivity index (χ4n) is 2.97. The van der Waals surface area contributed by atoms with Gasteiger partial charge in [0, 0.05) is 17.4 Å². The highest BCUT2D eigenvalue weighted by Gasteiger charge is 2.18. The van der Waals surface area contributed by atoms with Gasteiger partial charge in [0.25, 0.3) is 5.91 Å². The van der Waals surface area contributed by atoms with Crippen LogP contribution >= 0.6 is 0 Å². The number of carbonyl (C=O) groups excluding carboxylic acids is 1. The molecule has 0 saturated carbocycles. The molecule has 2 aromatic carbocycles. The number of pyridine rings is 1. The second kappa shape index (κ2) is 8.13. The van der Waals surface area contributed by atoms with Crippen molar-refractivity contribution in [1.29, 1.82) is 0 Å². The summed E-state index contributed by atoms with van der Waals surface area (Å²) in [5, 5.41) is 6.23. The van der Waals surface area contributed by atoms with Gasteiger partial charge in [-0.25, -0.2) is 4.98 Å². The molecule has 0 aliphatic heterocycles. The Kier molecular flexibility index (Phi) is 5.64. The number of hydrogen-bond donors (Lipinski definition) is 2. The van der Waals surface area contributed by atoms with Crippen molar-refractivity contribution in [3.8, 4) is 5.75 Å². The lowest BCUT2D eigenvalue weighted by atomic mass is 9.86. The number of amides is 1. The number of carbonyl (C=O) groups is 1. The first-order valence-electron chi connectivity index (χ1n) is 9.15. The van der Waals surface area contributed by atoms with Crippen LogP contribution in [0.2, 0.25) is 0 Å². The van der Waals surface area contributed by atoms with Gasteiger partial charge in [0.05, 0.1) is 12.8 Å². The van der Waals surface area contributed by atoms with Crippen LogP contribution in [0.25, 0.3) is 0 Å². The van der Waals surface area contributed by atoms with Crippen molar-refractivity contribution >= 4 is 23.1 Å². The predicted octanol–water partition coefficient (Wildman–Crippen LogP) is 5.38. The van der Waals surface area contributed by atoms with Crippen LogP contribution in [0.5, 0.6) is 5.75 Å². The van der Waals surface area contributed by atoms with E-state index in [0.717, 1.165) is 5.69 Å². The van der Waals surface area contributed by atoms with Gasteiger partial charge in [0.15, 0.2) is 0 Å². The van der Waals surface area contributed by atoms with Crippen LogP contribution in [-0.2, 0) is 5.41 Å².